The van der Waals surface area contributed by atoms with Gasteiger partial charge in [0.15, 0.2) is 5.84 Å². The Labute approximate surface area is 101 Å². The summed E-state index contributed by atoms with van der Waals surface area (Å²) in [7, 11) is 1.77. The molecule has 0 heterocycles. The van der Waals surface area contributed by atoms with E-state index >= 15 is 0 Å². The van der Waals surface area contributed by atoms with Gasteiger partial charge in [-0.3, -0.25) is 4.79 Å². The molecule has 5 nitrogen and oxygen atoms in total. The zero-order valence-electron chi connectivity index (χ0n) is 10.1. The highest BCUT2D eigenvalue weighted by molar-refractivity contribution is 5.96. The van der Waals surface area contributed by atoms with Gasteiger partial charge in [-0.2, -0.15) is 0 Å². The molecule has 0 atom stereocenters. The average molecular weight is 235 g/mol. The number of carbonyl (C=O) groups excluding carboxylic acids is 1. The van der Waals surface area contributed by atoms with E-state index in [2.05, 4.69) is 5.16 Å². The summed E-state index contributed by atoms with van der Waals surface area (Å²) >= 11 is 0. The Morgan fingerprint density at radius 1 is 1.41 bits per heavy atom. The molecule has 0 saturated carbocycles. The molecule has 1 aromatic carbocycles. The van der Waals surface area contributed by atoms with Crippen molar-refractivity contribution < 1.29 is 10.0 Å². The van der Waals surface area contributed by atoms with Crippen LogP contribution in [0.15, 0.2) is 29.4 Å². The summed E-state index contributed by atoms with van der Waals surface area (Å²) in [5.74, 6) is 0.181. The van der Waals surface area contributed by atoms with Crippen LogP contribution in [0.3, 0.4) is 0 Å². The Balaban J connectivity index is 2.72. The molecule has 0 radical (unpaired) electrons. The third kappa shape index (κ3) is 3.48. The van der Waals surface area contributed by atoms with E-state index in [1.165, 1.54) is 0 Å². The number of nitrogens with zero attached hydrogens (tertiary/aromatic N) is 2. The lowest BCUT2D eigenvalue weighted by Gasteiger charge is -2.16. The van der Waals surface area contributed by atoms with Crippen LogP contribution in [-0.2, 0) is 11.3 Å². The topological polar surface area (TPSA) is 78.9 Å². The highest BCUT2D eigenvalue weighted by atomic mass is 16.4. The lowest BCUT2D eigenvalue weighted by Crippen LogP contribution is -2.25. The molecule has 17 heavy (non-hydrogen) atoms. The van der Waals surface area contributed by atoms with Crippen LogP contribution in [0.1, 0.15) is 24.5 Å². The zero-order chi connectivity index (χ0) is 12.8. The fourth-order valence-corrected chi connectivity index (χ4v) is 1.47. The quantitative estimate of drug-likeness (QED) is 0.355. The molecule has 0 saturated heterocycles. The molecule has 0 aliphatic heterocycles. The number of amides is 1. The summed E-state index contributed by atoms with van der Waals surface area (Å²) in [6.45, 7) is 2.39. The Bertz CT molecular complexity index is 412. The highest BCUT2D eigenvalue weighted by Crippen LogP contribution is 2.07. The van der Waals surface area contributed by atoms with Gasteiger partial charge in [0.2, 0.25) is 5.91 Å². The monoisotopic (exact) mass is 235 g/mol. The number of benzene rings is 1. The smallest absolute Gasteiger partial charge is 0.222 e. The van der Waals surface area contributed by atoms with Crippen molar-refractivity contribution in [3.05, 3.63) is 35.4 Å². The van der Waals surface area contributed by atoms with Crippen LogP contribution >= 0.6 is 0 Å². The fourth-order valence-electron chi connectivity index (χ4n) is 1.47. The molecule has 0 aliphatic carbocycles. The van der Waals surface area contributed by atoms with Crippen molar-refractivity contribution in [2.75, 3.05) is 7.05 Å². The van der Waals surface area contributed by atoms with Crippen molar-refractivity contribution in [3.63, 3.8) is 0 Å². The van der Waals surface area contributed by atoms with Crippen molar-refractivity contribution in [1.29, 1.82) is 0 Å². The largest absolute Gasteiger partial charge is 0.409 e. The van der Waals surface area contributed by atoms with Crippen LogP contribution in [-0.4, -0.2) is 28.9 Å². The molecule has 0 aromatic heterocycles. The van der Waals surface area contributed by atoms with Crippen LogP contribution < -0.4 is 5.73 Å². The molecular weight excluding hydrogens is 218 g/mol. The van der Waals surface area contributed by atoms with E-state index in [9.17, 15) is 4.79 Å². The van der Waals surface area contributed by atoms with Gasteiger partial charge in [0.05, 0.1) is 0 Å². The minimum absolute atomic E-state index is 0.0783. The second-order valence-corrected chi connectivity index (χ2v) is 3.79. The summed E-state index contributed by atoms with van der Waals surface area (Å²) < 4.78 is 0. The number of oxime groups is 1. The van der Waals surface area contributed by atoms with Crippen LogP contribution in [0.2, 0.25) is 0 Å². The number of nitrogens with two attached hydrogens (primary N) is 1. The second-order valence-electron chi connectivity index (χ2n) is 3.79. The Morgan fingerprint density at radius 2 is 2.00 bits per heavy atom. The lowest BCUT2D eigenvalue weighted by molar-refractivity contribution is -0.130. The Kier molecular flexibility index (Phi) is 4.51. The van der Waals surface area contributed by atoms with E-state index in [1.54, 1.807) is 24.1 Å². The van der Waals surface area contributed by atoms with Crippen LogP contribution in [0.25, 0.3) is 0 Å². The van der Waals surface area contributed by atoms with E-state index in [4.69, 9.17) is 10.9 Å². The molecule has 1 rings (SSSR count). The molecule has 0 fully saturated rings. The summed E-state index contributed by atoms with van der Waals surface area (Å²) in [5, 5.41) is 11.4. The molecule has 1 amide bonds. The molecule has 0 bridgehead atoms. The third-order valence-corrected chi connectivity index (χ3v) is 2.51. The maximum absolute atomic E-state index is 11.4. The minimum atomic E-state index is 0.0783. The summed E-state index contributed by atoms with van der Waals surface area (Å²) in [6, 6.07) is 7.23. The zero-order valence-corrected chi connectivity index (χ0v) is 10.1. The van der Waals surface area contributed by atoms with Crippen molar-refractivity contribution in [3.8, 4) is 0 Å². The summed E-state index contributed by atoms with van der Waals surface area (Å²) in [5.41, 5.74) is 7.11. The van der Waals surface area contributed by atoms with Gasteiger partial charge in [-0.15, -0.1) is 0 Å². The lowest BCUT2D eigenvalue weighted by atomic mass is 10.1. The SMILES string of the molecule is CCC(=O)N(C)Cc1ccc(/C(N)=N/O)cc1. The molecule has 92 valence electrons. The third-order valence-electron chi connectivity index (χ3n) is 2.51. The molecule has 3 N–H and O–H groups in total. The predicted octanol–water partition coefficient (Wildman–Crippen LogP) is 1.15. The first-order valence-electron chi connectivity index (χ1n) is 5.39. The highest BCUT2D eigenvalue weighted by Gasteiger charge is 2.06. The van der Waals surface area contributed by atoms with Crippen molar-refractivity contribution in [1.82, 2.24) is 4.90 Å². The van der Waals surface area contributed by atoms with E-state index in [0.29, 0.717) is 18.5 Å². The number of carbonyl (C=O) groups is 1. The van der Waals surface area contributed by atoms with Gasteiger partial charge in [0.1, 0.15) is 0 Å². The van der Waals surface area contributed by atoms with Crippen LogP contribution in [0.4, 0.5) is 0 Å². The normalized spacial score (nSPS) is 11.3. The molecule has 1 aromatic rings. The molecular formula is C12H17N3O2. The van der Waals surface area contributed by atoms with Gasteiger partial charge in [-0.05, 0) is 5.56 Å². The maximum atomic E-state index is 11.4. The predicted molar refractivity (Wildman–Crippen MR) is 65.7 cm³/mol. The van der Waals surface area contributed by atoms with Crippen LogP contribution in [0, 0.1) is 0 Å². The van der Waals surface area contributed by atoms with Crippen molar-refractivity contribution in [2.24, 2.45) is 10.9 Å². The van der Waals surface area contributed by atoms with Gasteiger partial charge >= 0.3 is 0 Å². The first-order valence-corrected chi connectivity index (χ1v) is 5.39. The Hall–Kier alpha value is -2.04. The van der Waals surface area contributed by atoms with E-state index in [-0.39, 0.29) is 11.7 Å². The minimum Gasteiger partial charge on any atom is -0.409 e. The molecule has 0 unspecified atom stereocenters. The first kappa shape index (κ1) is 13.0. The summed E-state index contributed by atoms with van der Waals surface area (Å²) in [4.78, 5) is 13.1. The van der Waals surface area contributed by atoms with Crippen LogP contribution in [0.5, 0.6) is 0 Å². The van der Waals surface area contributed by atoms with Gasteiger partial charge in [-0.1, -0.05) is 36.3 Å². The van der Waals surface area contributed by atoms with Crippen molar-refractivity contribution >= 4 is 11.7 Å². The molecule has 0 aliphatic rings. The number of amidine groups is 1. The summed E-state index contributed by atoms with van der Waals surface area (Å²) in [6.07, 6.45) is 0.499. The van der Waals surface area contributed by atoms with Crippen molar-refractivity contribution in [2.45, 2.75) is 19.9 Å². The van der Waals surface area contributed by atoms with E-state index in [0.717, 1.165) is 5.56 Å². The molecule has 5 heteroatoms. The standard InChI is InChI=1S/C12H17N3O2/c1-3-11(16)15(2)8-9-4-6-10(7-5-9)12(13)14-17/h4-7,17H,3,8H2,1-2H3,(H2,13,14). The van der Waals surface area contributed by atoms with E-state index in [1.807, 2.05) is 19.1 Å². The average Bonchev–Trinajstić information content (AvgIpc) is 2.37. The van der Waals surface area contributed by atoms with Gasteiger partial charge < -0.3 is 15.8 Å². The fraction of sp³-hybridized carbons (Fsp3) is 0.333. The number of hydrogen-bond acceptors (Lipinski definition) is 3. The van der Waals surface area contributed by atoms with Gasteiger partial charge in [0, 0.05) is 25.6 Å². The van der Waals surface area contributed by atoms with E-state index < -0.39 is 0 Å². The van der Waals surface area contributed by atoms with Gasteiger partial charge in [-0.25, -0.2) is 0 Å². The first-order chi connectivity index (χ1) is 8.08. The number of rotatable bonds is 4. The maximum Gasteiger partial charge on any atom is 0.222 e. The second kappa shape index (κ2) is 5.89. The Morgan fingerprint density at radius 3 is 2.47 bits per heavy atom. The molecule has 0 spiro atoms. The van der Waals surface area contributed by atoms with Gasteiger partial charge in [0.25, 0.3) is 0 Å². The number of hydrogen-bond donors (Lipinski definition) is 2.